The number of carbonyl (C=O) groups is 3. The van der Waals surface area contributed by atoms with E-state index in [-0.39, 0.29) is 11.3 Å². The molecular formula is C37H46F2N2O6. The molecule has 47 heavy (non-hydrogen) atoms. The zero-order valence-corrected chi connectivity index (χ0v) is 28.4. The van der Waals surface area contributed by atoms with Crippen LogP contribution in [0.5, 0.6) is 0 Å². The lowest BCUT2D eigenvalue weighted by Crippen LogP contribution is -2.62. The van der Waals surface area contributed by atoms with Crippen LogP contribution in [0.2, 0.25) is 0 Å². The van der Waals surface area contributed by atoms with Gasteiger partial charge in [-0.05, 0) is 69.7 Å². The molecule has 1 aliphatic heterocycles. The molecule has 0 saturated carbocycles. The Morgan fingerprint density at radius 2 is 1.43 bits per heavy atom. The third-order valence-electron chi connectivity index (χ3n) is 7.72. The number of morpholine rings is 1. The summed E-state index contributed by atoms with van der Waals surface area (Å²) in [7, 11) is 0. The number of hydrogen-bond acceptors (Lipinski definition) is 7. The number of Topliss-reactive ketones (excluding diaryl/α,β-unsaturated/α-hetero) is 1. The average Bonchev–Trinajstić information content (AvgIpc) is 3.01. The first-order valence-corrected chi connectivity index (χ1v) is 15.6. The predicted molar refractivity (Wildman–Crippen MR) is 176 cm³/mol. The number of halogens is 2. The third kappa shape index (κ3) is 10.7. The standard InChI is InChI=1S/C37H46F2N2O6/c1-25(35(2,3)4)46-24-30(42)31(37(8,33(38)39)47-34(44)36(5,6)7)40-32(43)29-17-15-27(16-18-29)10-9-26-11-13-28(14-12-26)23-41-19-21-45-22-20-41/h11-18,31,33H,1,19-24H2,2-8H3,(H,40,43)/t31-,37+/m1/s1. The van der Waals surface area contributed by atoms with E-state index in [2.05, 4.69) is 28.6 Å². The number of ether oxygens (including phenoxy) is 3. The van der Waals surface area contributed by atoms with Gasteiger partial charge in [-0.2, -0.15) is 0 Å². The second kappa shape index (κ2) is 15.7. The van der Waals surface area contributed by atoms with Crippen molar-refractivity contribution in [3.05, 3.63) is 83.1 Å². The lowest BCUT2D eigenvalue weighted by Gasteiger charge is -2.37. The Kier molecular flexibility index (Phi) is 12.5. The fraction of sp³-hybridized carbons (Fsp3) is 0.486. The van der Waals surface area contributed by atoms with Crippen LogP contribution in [0, 0.1) is 22.7 Å². The molecule has 1 heterocycles. The van der Waals surface area contributed by atoms with Crippen LogP contribution in [-0.4, -0.2) is 73.5 Å². The Balaban J connectivity index is 1.77. The first kappa shape index (κ1) is 37.4. The molecule has 0 aliphatic carbocycles. The molecule has 1 amide bonds. The van der Waals surface area contributed by atoms with Crippen LogP contribution in [0.25, 0.3) is 0 Å². The molecule has 1 fully saturated rings. The highest BCUT2D eigenvalue weighted by molar-refractivity contribution is 5.99. The van der Waals surface area contributed by atoms with Crippen molar-refractivity contribution in [2.45, 2.75) is 73.1 Å². The maximum atomic E-state index is 14.6. The summed E-state index contributed by atoms with van der Waals surface area (Å²) in [6.45, 7) is 18.1. The van der Waals surface area contributed by atoms with Gasteiger partial charge in [0, 0.05) is 41.7 Å². The van der Waals surface area contributed by atoms with E-state index >= 15 is 0 Å². The minimum Gasteiger partial charge on any atom is -0.490 e. The summed E-state index contributed by atoms with van der Waals surface area (Å²) in [6, 6.07) is 12.3. The minimum atomic E-state index is -3.32. The van der Waals surface area contributed by atoms with Crippen LogP contribution in [0.3, 0.4) is 0 Å². The van der Waals surface area contributed by atoms with Gasteiger partial charge in [-0.25, -0.2) is 8.78 Å². The van der Waals surface area contributed by atoms with Gasteiger partial charge in [-0.15, -0.1) is 0 Å². The maximum Gasteiger partial charge on any atom is 0.312 e. The first-order valence-electron chi connectivity index (χ1n) is 15.6. The number of carbonyl (C=O) groups excluding carboxylic acids is 3. The van der Waals surface area contributed by atoms with E-state index in [1.165, 1.54) is 38.5 Å². The number of nitrogens with zero attached hydrogens (tertiary/aromatic N) is 1. The molecule has 2 atom stereocenters. The van der Waals surface area contributed by atoms with Crippen molar-refractivity contribution in [2.75, 3.05) is 32.9 Å². The van der Waals surface area contributed by atoms with Crippen molar-refractivity contribution < 1.29 is 37.4 Å². The molecular weight excluding hydrogens is 606 g/mol. The quantitative estimate of drug-likeness (QED) is 0.187. The summed E-state index contributed by atoms with van der Waals surface area (Å²) in [5.74, 6) is 3.73. The topological polar surface area (TPSA) is 94.2 Å². The fourth-order valence-electron chi connectivity index (χ4n) is 4.36. The maximum absolute atomic E-state index is 14.6. The number of hydrogen-bond donors (Lipinski definition) is 1. The largest absolute Gasteiger partial charge is 0.490 e. The highest BCUT2D eigenvalue weighted by Gasteiger charge is 2.52. The number of alkyl halides is 2. The van der Waals surface area contributed by atoms with Gasteiger partial charge >= 0.3 is 5.97 Å². The Morgan fingerprint density at radius 1 is 0.894 bits per heavy atom. The molecule has 1 saturated heterocycles. The van der Waals surface area contributed by atoms with Crippen LogP contribution in [0.4, 0.5) is 8.78 Å². The molecule has 10 heteroatoms. The van der Waals surface area contributed by atoms with Crippen molar-refractivity contribution in [3.8, 4) is 11.8 Å². The Morgan fingerprint density at radius 3 is 1.91 bits per heavy atom. The second-order valence-corrected chi connectivity index (χ2v) is 13.9. The third-order valence-corrected chi connectivity index (χ3v) is 7.72. The van der Waals surface area contributed by atoms with Gasteiger partial charge < -0.3 is 19.5 Å². The van der Waals surface area contributed by atoms with Gasteiger partial charge in [0.25, 0.3) is 12.3 Å². The lowest BCUT2D eigenvalue weighted by atomic mass is 9.90. The van der Waals surface area contributed by atoms with Crippen LogP contribution in [0.1, 0.15) is 75.5 Å². The number of esters is 1. The smallest absolute Gasteiger partial charge is 0.312 e. The van der Waals surface area contributed by atoms with E-state index in [0.29, 0.717) is 5.56 Å². The van der Waals surface area contributed by atoms with Gasteiger partial charge in [0.05, 0.1) is 24.4 Å². The van der Waals surface area contributed by atoms with Crippen LogP contribution in [-0.2, 0) is 30.3 Å². The fourth-order valence-corrected chi connectivity index (χ4v) is 4.36. The zero-order chi connectivity index (χ0) is 35.0. The molecule has 0 bridgehead atoms. The normalized spacial score (nSPS) is 15.9. The number of allylic oxidation sites excluding steroid dienone is 1. The molecule has 254 valence electrons. The molecule has 0 spiro atoms. The van der Waals surface area contributed by atoms with E-state index in [9.17, 15) is 23.2 Å². The Hall–Kier alpha value is -4.07. The molecule has 2 aromatic rings. The van der Waals surface area contributed by atoms with Crippen LogP contribution < -0.4 is 5.32 Å². The molecule has 2 aromatic carbocycles. The second-order valence-electron chi connectivity index (χ2n) is 13.9. The van der Waals surface area contributed by atoms with Gasteiger partial charge in [0.2, 0.25) is 0 Å². The average molecular weight is 653 g/mol. The van der Waals surface area contributed by atoms with Crippen molar-refractivity contribution in [2.24, 2.45) is 10.8 Å². The summed E-state index contributed by atoms with van der Waals surface area (Å²) in [5.41, 5.74) is -1.63. The molecule has 0 radical (unpaired) electrons. The summed E-state index contributed by atoms with van der Waals surface area (Å²) in [5, 5.41) is 2.38. The molecule has 3 rings (SSSR count). The van der Waals surface area contributed by atoms with Gasteiger partial charge in [0.15, 0.2) is 11.4 Å². The first-order chi connectivity index (χ1) is 21.9. The van der Waals surface area contributed by atoms with Crippen molar-refractivity contribution in [1.82, 2.24) is 10.2 Å². The molecule has 0 aromatic heterocycles. The number of nitrogens with one attached hydrogen (secondary N) is 1. The molecule has 1 N–H and O–H groups in total. The van der Waals surface area contributed by atoms with Crippen molar-refractivity contribution in [1.29, 1.82) is 0 Å². The van der Waals surface area contributed by atoms with E-state index in [1.54, 1.807) is 12.1 Å². The van der Waals surface area contributed by atoms with E-state index < -0.39 is 53.2 Å². The van der Waals surface area contributed by atoms with Crippen molar-refractivity contribution in [3.63, 3.8) is 0 Å². The summed E-state index contributed by atoms with van der Waals surface area (Å²) >= 11 is 0. The summed E-state index contributed by atoms with van der Waals surface area (Å²) < 4.78 is 45.4. The van der Waals surface area contributed by atoms with Gasteiger partial charge in [-0.1, -0.05) is 51.3 Å². The van der Waals surface area contributed by atoms with Gasteiger partial charge in [0.1, 0.15) is 12.6 Å². The predicted octanol–water partition coefficient (Wildman–Crippen LogP) is 5.78. The number of benzene rings is 2. The van der Waals surface area contributed by atoms with Gasteiger partial charge in [-0.3, -0.25) is 19.3 Å². The molecule has 1 aliphatic rings. The minimum absolute atomic E-state index is 0.0969. The van der Waals surface area contributed by atoms with E-state index in [4.69, 9.17) is 14.2 Å². The SMILES string of the molecule is C=C(OCC(=O)[C@@H](NC(=O)c1ccc(C#Cc2ccc(CN3CCOCC3)cc2)cc1)[C@](C)(OC(=O)C(C)(C)C)C(F)F)C(C)(C)C. The number of rotatable bonds is 11. The van der Waals surface area contributed by atoms with Crippen LogP contribution >= 0.6 is 0 Å². The van der Waals surface area contributed by atoms with E-state index in [1.807, 2.05) is 45.0 Å². The monoisotopic (exact) mass is 652 g/mol. The highest BCUT2D eigenvalue weighted by atomic mass is 19.3. The van der Waals surface area contributed by atoms with Crippen molar-refractivity contribution >= 4 is 17.7 Å². The van der Waals surface area contributed by atoms with E-state index in [0.717, 1.165) is 45.3 Å². The number of ketones is 1. The Bertz CT molecular complexity index is 1470. The molecule has 8 nitrogen and oxygen atoms in total. The number of amides is 1. The lowest BCUT2D eigenvalue weighted by molar-refractivity contribution is -0.191. The summed E-state index contributed by atoms with van der Waals surface area (Å²) in [6.07, 6.45) is -3.32. The highest BCUT2D eigenvalue weighted by Crippen LogP contribution is 2.31. The Labute approximate surface area is 276 Å². The summed E-state index contributed by atoms with van der Waals surface area (Å²) in [4.78, 5) is 41.8. The molecule has 0 unspecified atom stereocenters. The van der Waals surface area contributed by atoms with Crippen LogP contribution in [0.15, 0.2) is 60.9 Å². The zero-order valence-electron chi connectivity index (χ0n) is 28.4.